The summed E-state index contributed by atoms with van der Waals surface area (Å²) in [5.41, 5.74) is 5.50. The van der Waals surface area contributed by atoms with E-state index < -0.39 is 16.9 Å². The summed E-state index contributed by atoms with van der Waals surface area (Å²) >= 11 is 3.14. The van der Waals surface area contributed by atoms with Gasteiger partial charge >= 0.3 is 0 Å². The smallest absolute Gasteiger partial charge is 0.283 e. The number of rotatable bonds is 6. The maximum atomic E-state index is 10.7. The fraction of sp³-hybridized carbons (Fsp3) is 0.300. The molecule has 0 aromatic heterocycles. The molecule has 1 unspecified atom stereocenters. The Morgan fingerprint density at radius 2 is 2.28 bits per heavy atom. The Balaban J connectivity index is 2.66. The SMILES string of the molecule is NC(=O)C(O)CNCc1cccc([N+](=O)[O-])c1Br. The molecule has 0 saturated heterocycles. The molecule has 98 valence electrons. The molecule has 0 radical (unpaired) electrons. The van der Waals surface area contributed by atoms with Gasteiger partial charge in [0.15, 0.2) is 0 Å². The van der Waals surface area contributed by atoms with Crippen LogP contribution in [-0.4, -0.2) is 28.6 Å². The molecule has 1 aromatic rings. The van der Waals surface area contributed by atoms with Gasteiger partial charge < -0.3 is 16.2 Å². The quantitative estimate of drug-likeness (QED) is 0.515. The van der Waals surface area contributed by atoms with Gasteiger partial charge in [0.1, 0.15) is 6.10 Å². The molecule has 0 aliphatic carbocycles. The Hall–Kier alpha value is -1.51. The number of amides is 1. The molecule has 0 fully saturated rings. The van der Waals surface area contributed by atoms with E-state index in [1.54, 1.807) is 12.1 Å². The van der Waals surface area contributed by atoms with Gasteiger partial charge in [0.2, 0.25) is 5.91 Å². The number of nitrogens with two attached hydrogens (primary N) is 1. The number of hydrogen-bond acceptors (Lipinski definition) is 5. The largest absolute Gasteiger partial charge is 0.382 e. The number of nitro benzene ring substituents is 1. The van der Waals surface area contributed by atoms with Crippen molar-refractivity contribution in [1.82, 2.24) is 5.32 Å². The minimum Gasteiger partial charge on any atom is -0.382 e. The fourth-order valence-electron chi connectivity index (χ4n) is 1.29. The second-order valence-electron chi connectivity index (χ2n) is 3.56. The van der Waals surface area contributed by atoms with Gasteiger partial charge in [-0.2, -0.15) is 0 Å². The van der Waals surface area contributed by atoms with E-state index in [2.05, 4.69) is 21.2 Å². The molecule has 0 heterocycles. The highest BCUT2D eigenvalue weighted by Gasteiger charge is 2.15. The number of primary amides is 1. The Bertz CT molecular complexity index is 466. The Labute approximate surface area is 111 Å². The predicted octanol–water partition coefficient (Wildman–Crippen LogP) is 0.293. The molecule has 4 N–H and O–H groups in total. The van der Waals surface area contributed by atoms with Crippen molar-refractivity contribution in [2.75, 3.05) is 6.54 Å². The number of hydrogen-bond donors (Lipinski definition) is 3. The van der Waals surface area contributed by atoms with E-state index >= 15 is 0 Å². The number of benzene rings is 1. The topological polar surface area (TPSA) is 118 Å². The van der Waals surface area contributed by atoms with Crippen molar-refractivity contribution in [3.05, 3.63) is 38.3 Å². The number of nitrogens with one attached hydrogen (secondary N) is 1. The number of aliphatic hydroxyl groups is 1. The average molecular weight is 318 g/mol. The van der Waals surface area contributed by atoms with Gasteiger partial charge in [0.05, 0.1) is 9.40 Å². The molecule has 0 aliphatic rings. The zero-order valence-electron chi connectivity index (χ0n) is 9.30. The monoisotopic (exact) mass is 317 g/mol. The summed E-state index contributed by atoms with van der Waals surface area (Å²) in [6.45, 7) is 0.261. The molecule has 1 atom stereocenters. The molecule has 0 bridgehead atoms. The van der Waals surface area contributed by atoms with E-state index in [9.17, 15) is 14.9 Å². The normalized spacial score (nSPS) is 12.1. The summed E-state index contributed by atoms with van der Waals surface area (Å²) in [6, 6.07) is 4.64. The van der Waals surface area contributed by atoms with Gasteiger partial charge in [-0.25, -0.2) is 0 Å². The summed E-state index contributed by atoms with van der Waals surface area (Å²) in [7, 11) is 0. The molecule has 0 aliphatic heterocycles. The lowest BCUT2D eigenvalue weighted by Crippen LogP contribution is -2.37. The van der Waals surface area contributed by atoms with E-state index in [-0.39, 0.29) is 18.8 Å². The van der Waals surface area contributed by atoms with E-state index in [0.717, 1.165) is 0 Å². The zero-order chi connectivity index (χ0) is 13.7. The lowest BCUT2D eigenvalue weighted by atomic mass is 10.2. The van der Waals surface area contributed by atoms with Crippen LogP contribution in [0.1, 0.15) is 5.56 Å². The van der Waals surface area contributed by atoms with Gasteiger partial charge in [-0.1, -0.05) is 12.1 Å². The lowest BCUT2D eigenvalue weighted by molar-refractivity contribution is -0.385. The summed E-state index contributed by atoms with van der Waals surface area (Å²) in [4.78, 5) is 20.8. The standard InChI is InChI=1S/C10H12BrN3O4/c11-9-6(2-1-3-7(9)14(17)18)4-13-5-8(15)10(12)16/h1-3,8,13,15H,4-5H2,(H2,12,16). The van der Waals surface area contributed by atoms with Crippen molar-refractivity contribution in [1.29, 1.82) is 0 Å². The molecule has 0 spiro atoms. The van der Waals surface area contributed by atoms with Crippen LogP contribution >= 0.6 is 15.9 Å². The van der Waals surface area contributed by atoms with Crippen LogP contribution in [0.25, 0.3) is 0 Å². The maximum absolute atomic E-state index is 10.7. The van der Waals surface area contributed by atoms with Crippen LogP contribution in [0.5, 0.6) is 0 Å². The second-order valence-corrected chi connectivity index (χ2v) is 4.35. The van der Waals surface area contributed by atoms with Crippen LogP contribution in [-0.2, 0) is 11.3 Å². The average Bonchev–Trinajstić information content (AvgIpc) is 2.30. The van der Waals surface area contributed by atoms with E-state index in [0.29, 0.717) is 10.0 Å². The van der Waals surface area contributed by atoms with Gasteiger partial charge in [-0.15, -0.1) is 0 Å². The first-order chi connectivity index (χ1) is 8.43. The summed E-state index contributed by atoms with van der Waals surface area (Å²) in [6.07, 6.45) is -1.28. The van der Waals surface area contributed by atoms with Crippen LogP contribution < -0.4 is 11.1 Å². The van der Waals surface area contributed by atoms with Gasteiger partial charge in [0, 0.05) is 19.2 Å². The van der Waals surface area contributed by atoms with Gasteiger partial charge in [-0.05, 0) is 21.5 Å². The minimum atomic E-state index is -1.28. The summed E-state index contributed by atoms with van der Waals surface area (Å²) in [5, 5.41) is 22.6. The van der Waals surface area contributed by atoms with Crippen LogP contribution in [0, 0.1) is 10.1 Å². The molecule has 7 nitrogen and oxygen atoms in total. The van der Waals surface area contributed by atoms with Crippen LogP contribution in [0.2, 0.25) is 0 Å². The highest BCUT2D eigenvalue weighted by atomic mass is 79.9. The summed E-state index contributed by atoms with van der Waals surface area (Å²) < 4.78 is 0.371. The number of nitro groups is 1. The first kappa shape index (κ1) is 14.6. The molecule has 1 aromatic carbocycles. The molecule has 1 amide bonds. The molecule has 1 rings (SSSR count). The third-order valence-electron chi connectivity index (χ3n) is 2.24. The van der Waals surface area contributed by atoms with Crippen molar-refractivity contribution in [2.45, 2.75) is 12.6 Å². The van der Waals surface area contributed by atoms with E-state index in [1.165, 1.54) is 6.07 Å². The molecular weight excluding hydrogens is 306 g/mol. The number of carbonyl (C=O) groups is 1. The Morgan fingerprint density at radius 3 is 2.83 bits per heavy atom. The number of aliphatic hydroxyl groups excluding tert-OH is 1. The lowest BCUT2D eigenvalue weighted by Gasteiger charge is -2.09. The zero-order valence-corrected chi connectivity index (χ0v) is 10.9. The Morgan fingerprint density at radius 1 is 1.61 bits per heavy atom. The van der Waals surface area contributed by atoms with Crippen molar-refractivity contribution in [3.63, 3.8) is 0 Å². The van der Waals surface area contributed by atoms with Crippen LogP contribution in [0.15, 0.2) is 22.7 Å². The molecular formula is C10H12BrN3O4. The first-order valence-electron chi connectivity index (χ1n) is 5.03. The van der Waals surface area contributed by atoms with Crippen molar-refractivity contribution in [3.8, 4) is 0 Å². The number of halogens is 1. The number of nitrogens with zero attached hydrogens (tertiary/aromatic N) is 1. The van der Waals surface area contributed by atoms with E-state index in [4.69, 9.17) is 10.8 Å². The van der Waals surface area contributed by atoms with Crippen molar-refractivity contribution < 1.29 is 14.8 Å². The van der Waals surface area contributed by atoms with Gasteiger partial charge in [-0.3, -0.25) is 14.9 Å². The predicted molar refractivity (Wildman–Crippen MR) is 67.7 cm³/mol. The van der Waals surface area contributed by atoms with Crippen molar-refractivity contribution in [2.24, 2.45) is 5.73 Å². The van der Waals surface area contributed by atoms with E-state index in [1.807, 2.05) is 0 Å². The van der Waals surface area contributed by atoms with Crippen molar-refractivity contribution >= 4 is 27.5 Å². The highest BCUT2D eigenvalue weighted by molar-refractivity contribution is 9.10. The van der Waals surface area contributed by atoms with Crippen LogP contribution in [0.4, 0.5) is 5.69 Å². The molecule has 18 heavy (non-hydrogen) atoms. The minimum absolute atomic E-state index is 0.00946. The molecule has 8 heteroatoms. The Kier molecular flexibility index (Phi) is 5.20. The van der Waals surface area contributed by atoms with Crippen LogP contribution in [0.3, 0.4) is 0 Å². The molecule has 0 saturated carbocycles. The third kappa shape index (κ3) is 3.76. The first-order valence-corrected chi connectivity index (χ1v) is 5.82. The fourth-order valence-corrected chi connectivity index (χ4v) is 1.84. The summed E-state index contributed by atoms with van der Waals surface area (Å²) in [5.74, 6) is -0.819. The van der Waals surface area contributed by atoms with Gasteiger partial charge in [0.25, 0.3) is 5.69 Å². The second kappa shape index (κ2) is 6.43. The third-order valence-corrected chi connectivity index (χ3v) is 3.15. The number of carbonyl (C=O) groups excluding carboxylic acids is 1. The maximum Gasteiger partial charge on any atom is 0.283 e. The highest BCUT2D eigenvalue weighted by Crippen LogP contribution is 2.27.